The summed E-state index contributed by atoms with van der Waals surface area (Å²) in [6, 6.07) is 4.14. The summed E-state index contributed by atoms with van der Waals surface area (Å²) in [5.41, 5.74) is 6.79. The minimum absolute atomic E-state index is 0.0394. The largest absolute Gasteiger partial charge is 0.383 e. The number of anilines is 1. The third-order valence-electron chi connectivity index (χ3n) is 2.67. The monoisotopic (exact) mass is 266 g/mol. The zero-order chi connectivity index (χ0) is 13.8. The molecule has 1 heterocycles. The predicted molar refractivity (Wildman–Crippen MR) is 69.0 cm³/mol. The second-order valence-electron chi connectivity index (χ2n) is 4.03. The van der Waals surface area contributed by atoms with Crippen LogP contribution in [0.1, 0.15) is 0 Å². The molecule has 0 spiro atoms. The Morgan fingerprint density at radius 2 is 2.37 bits per heavy atom. The minimum Gasteiger partial charge on any atom is -0.383 e. The van der Waals surface area contributed by atoms with Crippen molar-refractivity contribution in [3.8, 4) is 0 Å². The molecular weight excluding hydrogens is 251 g/mol. The first kappa shape index (κ1) is 13.3. The molecule has 0 unspecified atom stereocenters. The molecule has 0 saturated heterocycles. The SMILES string of the molecule is COCCNC(=O)Cn1c(N)nc2cc(F)ccc21. The molecule has 7 heteroatoms. The van der Waals surface area contributed by atoms with Gasteiger partial charge in [0, 0.05) is 19.7 Å². The molecule has 2 rings (SSSR count). The summed E-state index contributed by atoms with van der Waals surface area (Å²) in [7, 11) is 1.56. The standard InChI is InChI=1S/C12H15FN4O2/c1-19-5-4-15-11(18)7-17-10-3-2-8(13)6-9(10)16-12(17)14/h2-3,6H,4-5,7H2,1H3,(H2,14,16)(H,15,18). The second kappa shape index (κ2) is 5.66. The maximum absolute atomic E-state index is 13.1. The van der Waals surface area contributed by atoms with E-state index in [9.17, 15) is 9.18 Å². The Morgan fingerprint density at radius 1 is 1.58 bits per heavy atom. The molecule has 0 fully saturated rings. The molecule has 1 amide bonds. The number of nitrogens with zero attached hydrogens (tertiary/aromatic N) is 2. The molecular formula is C12H15FN4O2. The van der Waals surface area contributed by atoms with Gasteiger partial charge in [0.15, 0.2) is 0 Å². The topological polar surface area (TPSA) is 82.2 Å². The van der Waals surface area contributed by atoms with E-state index < -0.39 is 0 Å². The number of ether oxygens (including phenoxy) is 1. The van der Waals surface area contributed by atoms with Crippen LogP contribution in [0.5, 0.6) is 0 Å². The van der Waals surface area contributed by atoms with Crippen molar-refractivity contribution in [1.82, 2.24) is 14.9 Å². The van der Waals surface area contributed by atoms with Gasteiger partial charge in [-0.1, -0.05) is 0 Å². The molecule has 6 nitrogen and oxygen atoms in total. The van der Waals surface area contributed by atoms with Crippen molar-refractivity contribution in [3.63, 3.8) is 0 Å². The third kappa shape index (κ3) is 3.00. The fourth-order valence-corrected chi connectivity index (χ4v) is 1.78. The van der Waals surface area contributed by atoms with Gasteiger partial charge in [-0.15, -0.1) is 0 Å². The molecule has 0 aliphatic rings. The maximum atomic E-state index is 13.1. The van der Waals surface area contributed by atoms with E-state index in [4.69, 9.17) is 10.5 Å². The molecule has 0 aliphatic carbocycles. The van der Waals surface area contributed by atoms with E-state index in [0.29, 0.717) is 24.2 Å². The van der Waals surface area contributed by atoms with Crippen LogP contribution in [0, 0.1) is 5.82 Å². The first-order valence-electron chi connectivity index (χ1n) is 5.78. The number of benzene rings is 1. The summed E-state index contributed by atoms with van der Waals surface area (Å²) in [4.78, 5) is 15.7. The second-order valence-corrected chi connectivity index (χ2v) is 4.03. The molecule has 3 N–H and O–H groups in total. The molecule has 1 aromatic carbocycles. The van der Waals surface area contributed by atoms with E-state index in [2.05, 4.69) is 10.3 Å². The number of hydrogen-bond donors (Lipinski definition) is 2. The van der Waals surface area contributed by atoms with Crippen molar-refractivity contribution >= 4 is 22.9 Å². The molecule has 0 saturated carbocycles. The number of nitrogen functional groups attached to an aromatic ring is 1. The number of fused-ring (bicyclic) bond motifs is 1. The number of methoxy groups -OCH3 is 1. The fraction of sp³-hybridized carbons (Fsp3) is 0.333. The quantitative estimate of drug-likeness (QED) is 0.773. The van der Waals surface area contributed by atoms with Crippen LogP contribution in [-0.2, 0) is 16.1 Å². The van der Waals surface area contributed by atoms with Gasteiger partial charge in [0.1, 0.15) is 12.4 Å². The van der Waals surface area contributed by atoms with Crippen LogP contribution >= 0.6 is 0 Å². The average molecular weight is 266 g/mol. The van der Waals surface area contributed by atoms with E-state index in [1.54, 1.807) is 13.2 Å². The Morgan fingerprint density at radius 3 is 3.11 bits per heavy atom. The highest BCUT2D eigenvalue weighted by molar-refractivity contribution is 5.82. The number of nitrogens with one attached hydrogen (secondary N) is 1. The van der Waals surface area contributed by atoms with Crippen LogP contribution in [0.15, 0.2) is 18.2 Å². The summed E-state index contributed by atoms with van der Waals surface area (Å²) < 4.78 is 19.4. The summed E-state index contributed by atoms with van der Waals surface area (Å²) in [5.74, 6) is -0.406. The minimum atomic E-state index is -0.387. The van der Waals surface area contributed by atoms with Crippen molar-refractivity contribution in [2.45, 2.75) is 6.54 Å². The molecule has 0 aliphatic heterocycles. The Hall–Kier alpha value is -2.15. The van der Waals surface area contributed by atoms with E-state index in [1.165, 1.54) is 16.7 Å². The lowest BCUT2D eigenvalue weighted by atomic mass is 10.3. The van der Waals surface area contributed by atoms with Crippen LogP contribution in [0.2, 0.25) is 0 Å². The van der Waals surface area contributed by atoms with Gasteiger partial charge in [-0.2, -0.15) is 0 Å². The summed E-state index contributed by atoms with van der Waals surface area (Å²) >= 11 is 0. The maximum Gasteiger partial charge on any atom is 0.240 e. The van der Waals surface area contributed by atoms with Gasteiger partial charge in [-0.05, 0) is 12.1 Å². The van der Waals surface area contributed by atoms with Crippen molar-refractivity contribution in [3.05, 3.63) is 24.0 Å². The van der Waals surface area contributed by atoms with Gasteiger partial charge in [-0.25, -0.2) is 9.37 Å². The van der Waals surface area contributed by atoms with Crippen molar-refractivity contribution in [2.24, 2.45) is 0 Å². The molecule has 0 radical (unpaired) electrons. The lowest BCUT2D eigenvalue weighted by molar-refractivity contribution is -0.121. The number of amides is 1. The first-order chi connectivity index (χ1) is 9.11. The number of rotatable bonds is 5. The highest BCUT2D eigenvalue weighted by Crippen LogP contribution is 2.18. The number of aromatic nitrogens is 2. The van der Waals surface area contributed by atoms with Gasteiger partial charge in [0.25, 0.3) is 0 Å². The number of halogens is 1. The molecule has 102 valence electrons. The van der Waals surface area contributed by atoms with Crippen molar-refractivity contribution < 1.29 is 13.9 Å². The lowest BCUT2D eigenvalue weighted by Gasteiger charge is -2.07. The third-order valence-corrected chi connectivity index (χ3v) is 2.67. The number of carbonyl (C=O) groups is 1. The molecule has 1 aromatic heterocycles. The Labute approximate surface area is 109 Å². The molecule has 19 heavy (non-hydrogen) atoms. The van der Waals surface area contributed by atoms with Crippen molar-refractivity contribution in [1.29, 1.82) is 0 Å². The highest BCUT2D eigenvalue weighted by Gasteiger charge is 2.11. The summed E-state index contributed by atoms with van der Waals surface area (Å²) in [6.07, 6.45) is 0. The highest BCUT2D eigenvalue weighted by atomic mass is 19.1. The zero-order valence-electron chi connectivity index (χ0n) is 10.5. The fourth-order valence-electron chi connectivity index (χ4n) is 1.78. The van der Waals surface area contributed by atoms with Crippen LogP contribution in [0.4, 0.5) is 10.3 Å². The van der Waals surface area contributed by atoms with Gasteiger partial charge in [0.05, 0.1) is 17.6 Å². The number of carbonyl (C=O) groups excluding carboxylic acids is 1. The van der Waals surface area contributed by atoms with Crippen molar-refractivity contribution in [2.75, 3.05) is 26.0 Å². The molecule has 0 bridgehead atoms. The van der Waals surface area contributed by atoms with Crippen LogP contribution < -0.4 is 11.1 Å². The van der Waals surface area contributed by atoms with Gasteiger partial charge in [0.2, 0.25) is 11.9 Å². The van der Waals surface area contributed by atoms with Gasteiger partial charge < -0.3 is 20.4 Å². The summed E-state index contributed by atoms with van der Waals surface area (Å²) in [5, 5.41) is 2.68. The van der Waals surface area contributed by atoms with Crippen LogP contribution in [0.3, 0.4) is 0 Å². The number of hydrogen-bond acceptors (Lipinski definition) is 4. The van der Waals surface area contributed by atoms with E-state index in [-0.39, 0.29) is 24.2 Å². The Balaban J connectivity index is 2.16. The average Bonchev–Trinajstić information content (AvgIpc) is 2.65. The van der Waals surface area contributed by atoms with E-state index in [1.807, 2.05) is 0 Å². The van der Waals surface area contributed by atoms with Gasteiger partial charge >= 0.3 is 0 Å². The Bertz CT molecular complexity index is 597. The molecule has 0 atom stereocenters. The molecule has 2 aromatic rings. The number of nitrogens with two attached hydrogens (primary N) is 1. The number of imidazole rings is 1. The van der Waals surface area contributed by atoms with Crippen LogP contribution in [-0.4, -0.2) is 35.7 Å². The zero-order valence-corrected chi connectivity index (χ0v) is 10.5. The van der Waals surface area contributed by atoms with Crippen LogP contribution in [0.25, 0.3) is 11.0 Å². The lowest BCUT2D eigenvalue weighted by Crippen LogP contribution is -2.30. The van der Waals surface area contributed by atoms with E-state index >= 15 is 0 Å². The predicted octanol–water partition coefficient (Wildman–Crippen LogP) is 0.520. The normalized spacial score (nSPS) is 10.8. The Kier molecular flexibility index (Phi) is 3.96. The first-order valence-corrected chi connectivity index (χ1v) is 5.78. The van der Waals surface area contributed by atoms with E-state index in [0.717, 1.165) is 0 Å². The van der Waals surface area contributed by atoms with Gasteiger partial charge in [-0.3, -0.25) is 4.79 Å². The smallest absolute Gasteiger partial charge is 0.240 e. The summed E-state index contributed by atoms with van der Waals surface area (Å²) in [6.45, 7) is 0.908.